The molecule has 0 fully saturated rings. The minimum atomic E-state index is 0.00398. The van der Waals surface area contributed by atoms with Crippen LogP contribution in [0.4, 0.5) is 0 Å². The van der Waals surface area contributed by atoms with Crippen molar-refractivity contribution in [2.75, 3.05) is 0 Å². The molecule has 1 aromatic heterocycles. The predicted octanol–water partition coefficient (Wildman–Crippen LogP) is 3.24. The van der Waals surface area contributed by atoms with Gasteiger partial charge in [0.25, 0.3) is 0 Å². The van der Waals surface area contributed by atoms with Gasteiger partial charge < -0.3 is 0 Å². The average molecular weight is 225 g/mol. The van der Waals surface area contributed by atoms with Crippen LogP contribution in [0.25, 0.3) is 0 Å². The minimum absolute atomic E-state index is 0.00398. The van der Waals surface area contributed by atoms with E-state index < -0.39 is 0 Å². The normalized spacial score (nSPS) is 10.3. The molecule has 0 aliphatic carbocycles. The Balaban J connectivity index is 2.52. The molecule has 0 unspecified atom stereocenters. The first-order valence-corrected chi connectivity index (χ1v) is 5.64. The Morgan fingerprint density at radius 3 is 2.41 bits per heavy atom. The van der Waals surface area contributed by atoms with Crippen LogP contribution in [0.5, 0.6) is 0 Å². The van der Waals surface area contributed by atoms with Crippen molar-refractivity contribution in [3.63, 3.8) is 0 Å². The summed E-state index contributed by atoms with van der Waals surface area (Å²) in [7, 11) is 0. The third kappa shape index (κ3) is 2.11. The van der Waals surface area contributed by atoms with Gasteiger partial charge in [-0.05, 0) is 43.5 Å². The summed E-state index contributed by atoms with van der Waals surface area (Å²) in [6.07, 6.45) is 1.66. The van der Waals surface area contributed by atoms with E-state index in [1.54, 1.807) is 6.20 Å². The van der Waals surface area contributed by atoms with Gasteiger partial charge in [-0.3, -0.25) is 9.78 Å². The molecule has 17 heavy (non-hydrogen) atoms. The zero-order chi connectivity index (χ0) is 12.4. The van der Waals surface area contributed by atoms with Gasteiger partial charge in [0.05, 0.1) is 0 Å². The van der Waals surface area contributed by atoms with Gasteiger partial charge in [0.1, 0.15) is 5.69 Å². The highest BCUT2D eigenvalue weighted by Gasteiger charge is 2.15. The van der Waals surface area contributed by atoms with Crippen molar-refractivity contribution in [1.29, 1.82) is 0 Å². The first-order valence-electron chi connectivity index (χ1n) is 5.64. The van der Waals surface area contributed by atoms with E-state index in [1.165, 1.54) is 0 Å². The molecule has 0 amide bonds. The van der Waals surface area contributed by atoms with Gasteiger partial charge in [0.2, 0.25) is 5.78 Å². The van der Waals surface area contributed by atoms with E-state index in [2.05, 4.69) is 4.98 Å². The molecule has 0 saturated carbocycles. The van der Waals surface area contributed by atoms with Crippen molar-refractivity contribution < 1.29 is 4.79 Å². The lowest BCUT2D eigenvalue weighted by Gasteiger charge is -2.08. The zero-order valence-electron chi connectivity index (χ0n) is 10.3. The van der Waals surface area contributed by atoms with Gasteiger partial charge in [0.15, 0.2) is 0 Å². The fourth-order valence-corrected chi connectivity index (χ4v) is 1.85. The number of aromatic nitrogens is 1. The van der Waals surface area contributed by atoms with Gasteiger partial charge in [-0.25, -0.2) is 0 Å². The van der Waals surface area contributed by atoms with Gasteiger partial charge >= 0.3 is 0 Å². The lowest BCUT2D eigenvalue weighted by molar-refractivity contribution is 0.103. The molecule has 1 aromatic carbocycles. The van der Waals surface area contributed by atoms with Crippen LogP contribution in [-0.4, -0.2) is 10.8 Å². The number of hydrogen-bond donors (Lipinski definition) is 0. The van der Waals surface area contributed by atoms with Gasteiger partial charge in [-0.1, -0.05) is 24.3 Å². The molecule has 2 aromatic rings. The summed E-state index contributed by atoms with van der Waals surface area (Å²) in [5, 5.41) is 0. The Morgan fingerprint density at radius 2 is 1.71 bits per heavy atom. The van der Waals surface area contributed by atoms with Crippen molar-refractivity contribution in [1.82, 2.24) is 4.98 Å². The maximum absolute atomic E-state index is 12.4. The molecule has 0 radical (unpaired) electrons. The van der Waals surface area contributed by atoms with Crippen molar-refractivity contribution in [3.05, 3.63) is 64.5 Å². The van der Waals surface area contributed by atoms with Crippen molar-refractivity contribution in [3.8, 4) is 0 Å². The number of aryl methyl sites for hydroxylation is 2. The van der Waals surface area contributed by atoms with Crippen LogP contribution in [0, 0.1) is 20.8 Å². The lowest BCUT2D eigenvalue weighted by atomic mass is 9.97. The summed E-state index contributed by atoms with van der Waals surface area (Å²) in [5.41, 5.74) is 4.36. The fraction of sp³-hybridized carbons (Fsp3) is 0.200. The van der Waals surface area contributed by atoms with E-state index in [-0.39, 0.29) is 5.78 Å². The first-order chi connectivity index (χ1) is 8.11. The number of benzene rings is 1. The smallest absolute Gasteiger partial charge is 0.211 e. The quantitative estimate of drug-likeness (QED) is 0.734. The molecular weight excluding hydrogens is 210 g/mol. The molecule has 0 bridgehead atoms. The standard InChI is InChI=1S/C15H15NO/c1-10-6-4-8-13(12(10)3)15(17)14-11(2)7-5-9-16-14/h4-9H,1-3H3. The topological polar surface area (TPSA) is 30.0 Å². The Morgan fingerprint density at radius 1 is 1.00 bits per heavy atom. The van der Waals surface area contributed by atoms with Crippen LogP contribution in [-0.2, 0) is 0 Å². The molecule has 0 atom stereocenters. The highest BCUT2D eigenvalue weighted by molar-refractivity contribution is 6.09. The maximum atomic E-state index is 12.4. The number of ketones is 1. The zero-order valence-corrected chi connectivity index (χ0v) is 10.3. The lowest BCUT2D eigenvalue weighted by Crippen LogP contribution is -2.08. The molecule has 0 aliphatic rings. The first kappa shape index (κ1) is 11.5. The second-order valence-corrected chi connectivity index (χ2v) is 4.25. The van der Waals surface area contributed by atoms with Crippen LogP contribution >= 0.6 is 0 Å². The van der Waals surface area contributed by atoms with Crippen molar-refractivity contribution in [2.24, 2.45) is 0 Å². The van der Waals surface area contributed by atoms with E-state index in [9.17, 15) is 4.79 Å². The largest absolute Gasteiger partial charge is 0.287 e. The van der Waals surface area contributed by atoms with Crippen LogP contribution in [0.15, 0.2) is 36.5 Å². The molecular formula is C15H15NO. The molecule has 2 heteroatoms. The van der Waals surface area contributed by atoms with Gasteiger partial charge in [-0.15, -0.1) is 0 Å². The predicted molar refractivity (Wildman–Crippen MR) is 68.3 cm³/mol. The molecule has 0 saturated heterocycles. The third-order valence-electron chi connectivity index (χ3n) is 3.07. The number of carbonyl (C=O) groups is 1. The maximum Gasteiger partial charge on any atom is 0.211 e. The van der Waals surface area contributed by atoms with Crippen LogP contribution in [0.1, 0.15) is 32.7 Å². The molecule has 1 heterocycles. The second-order valence-electron chi connectivity index (χ2n) is 4.25. The summed E-state index contributed by atoms with van der Waals surface area (Å²) in [6.45, 7) is 5.89. The Labute approximate surface area is 101 Å². The summed E-state index contributed by atoms with van der Waals surface area (Å²) in [5.74, 6) is 0.00398. The van der Waals surface area contributed by atoms with Crippen molar-refractivity contribution in [2.45, 2.75) is 20.8 Å². The van der Waals surface area contributed by atoms with Crippen LogP contribution in [0.2, 0.25) is 0 Å². The highest BCUT2D eigenvalue weighted by atomic mass is 16.1. The van der Waals surface area contributed by atoms with Crippen LogP contribution in [0.3, 0.4) is 0 Å². The second kappa shape index (κ2) is 4.50. The number of pyridine rings is 1. The molecule has 2 nitrogen and oxygen atoms in total. The van der Waals surface area contributed by atoms with E-state index in [0.717, 1.165) is 22.3 Å². The van der Waals surface area contributed by atoms with E-state index in [1.807, 2.05) is 51.1 Å². The molecule has 86 valence electrons. The average Bonchev–Trinajstić information content (AvgIpc) is 2.32. The fourth-order valence-electron chi connectivity index (χ4n) is 1.85. The minimum Gasteiger partial charge on any atom is -0.287 e. The molecule has 0 N–H and O–H groups in total. The molecule has 0 spiro atoms. The van der Waals surface area contributed by atoms with E-state index in [0.29, 0.717) is 5.69 Å². The number of rotatable bonds is 2. The summed E-state index contributed by atoms with van der Waals surface area (Å²) in [6, 6.07) is 9.53. The summed E-state index contributed by atoms with van der Waals surface area (Å²) in [4.78, 5) is 16.6. The monoisotopic (exact) mass is 225 g/mol. The number of hydrogen-bond acceptors (Lipinski definition) is 2. The Kier molecular flexibility index (Phi) is 3.05. The van der Waals surface area contributed by atoms with Gasteiger partial charge in [0, 0.05) is 11.8 Å². The van der Waals surface area contributed by atoms with Crippen LogP contribution < -0.4 is 0 Å². The van der Waals surface area contributed by atoms with E-state index >= 15 is 0 Å². The highest BCUT2D eigenvalue weighted by Crippen LogP contribution is 2.17. The summed E-state index contributed by atoms with van der Waals surface area (Å²) >= 11 is 0. The molecule has 2 rings (SSSR count). The molecule has 0 aliphatic heterocycles. The Hall–Kier alpha value is -1.96. The SMILES string of the molecule is Cc1cccnc1C(=O)c1cccc(C)c1C. The van der Waals surface area contributed by atoms with Gasteiger partial charge in [-0.2, -0.15) is 0 Å². The number of nitrogens with zero attached hydrogens (tertiary/aromatic N) is 1. The van der Waals surface area contributed by atoms with E-state index in [4.69, 9.17) is 0 Å². The number of carbonyl (C=O) groups excluding carboxylic acids is 1. The Bertz CT molecular complexity index is 573. The van der Waals surface area contributed by atoms with Crippen molar-refractivity contribution >= 4 is 5.78 Å². The third-order valence-corrected chi connectivity index (χ3v) is 3.07. The summed E-state index contributed by atoms with van der Waals surface area (Å²) < 4.78 is 0.